The van der Waals surface area contributed by atoms with E-state index in [2.05, 4.69) is 9.97 Å². The summed E-state index contributed by atoms with van der Waals surface area (Å²) >= 11 is 5.96. The molecule has 2 rings (SSSR count). The second-order valence-corrected chi connectivity index (χ2v) is 4.72. The second kappa shape index (κ2) is 3.61. The van der Waals surface area contributed by atoms with Crippen molar-refractivity contribution in [2.45, 2.75) is 19.4 Å². The van der Waals surface area contributed by atoms with Gasteiger partial charge in [-0.3, -0.25) is 0 Å². The summed E-state index contributed by atoms with van der Waals surface area (Å²) in [4.78, 5) is 9.88. The van der Waals surface area contributed by atoms with E-state index >= 15 is 0 Å². The van der Waals surface area contributed by atoms with Crippen molar-refractivity contribution in [3.63, 3.8) is 0 Å². The summed E-state index contributed by atoms with van der Waals surface area (Å²) in [6.07, 6.45) is 3.03. The minimum absolute atomic E-state index is 0.245. The van der Waals surface area contributed by atoms with Gasteiger partial charge in [-0.1, -0.05) is 25.4 Å². The molecule has 0 saturated carbocycles. The van der Waals surface area contributed by atoms with Crippen LogP contribution in [-0.2, 0) is 0 Å². The molecular weight excluding hydrogens is 214 g/mol. The first-order valence-electron chi connectivity index (χ1n) is 4.96. The van der Waals surface area contributed by atoms with Crippen LogP contribution < -0.4 is 4.90 Å². The number of rotatable bonds is 2. The highest BCUT2D eigenvalue weighted by Crippen LogP contribution is 2.34. The van der Waals surface area contributed by atoms with Crippen LogP contribution in [0.4, 0.5) is 5.82 Å². The Morgan fingerprint density at radius 2 is 2.20 bits per heavy atom. The molecule has 1 aliphatic rings. The Bertz CT molecular complexity index is 363. The average molecular weight is 228 g/mol. The van der Waals surface area contributed by atoms with Crippen LogP contribution in [0.2, 0.25) is 5.02 Å². The maximum Gasteiger partial charge on any atom is 0.151 e. The molecule has 1 saturated heterocycles. The van der Waals surface area contributed by atoms with Gasteiger partial charge < -0.3 is 10.0 Å². The minimum atomic E-state index is -0.603. The fourth-order valence-corrected chi connectivity index (χ4v) is 1.89. The molecule has 1 aromatic rings. The Hall–Kier alpha value is -0.870. The summed E-state index contributed by atoms with van der Waals surface area (Å²) in [5.74, 6) is 0.950. The van der Waals surface area contributed by atoms with Crippen LogP contribution >= 0.6 is 11.6 Å². The first kappa shape index (κ1) is 10.6. The molecule has 5 heteroatoms. The first-order valence-corrected chi connectivity index (χ1v) is 5.33. The molecule has 15 heavy (non-hydrogen) atoms. The van der Waals surface area contributed by atoms with E-state index in [1.54, 1.807) is 6.20 Å². The Balaban J connectivity index is 2.10. The second-order valence-electron chi connectivity index (χ2n) is 4.31. The lowest BCUT2D eigenvalue weighted by molar-refractivity contribution is -0.0304. The molecule has 0 aromatic carbocycles. The molecule has 0 atom stereocenters. The first-order chi connectivity index (χ1) is 7.03. The molecule has 0 bridgehead atoms. The number of anilines is 1. The summed E-state index contributed by atoms with van der Waals surface area (Å²) in [7, 11) is 0. The number of aliphatic hydroxyl groups is 1. The van der Waals surface area contributed by atoms with Gasteiger partial charge in [-0.15, -0.1) is 0 Å². The third-order valence-electron chi connectivity index (χ3n) is 2.95. The molecule has 1 fully saturated rings. The lowest BCUT2D eigenvalue weighted by Gasteiger charge is -2.49. The fraction of sp³-hybridized carbons (Fsp3) is 0.600. The van der Waals surface area contributed by atoms with Crippen LogP contribution in [0.25, 0.3) is 0 Å². The molecule has 0 radical (unpaired) electrons. The van der Waals surface area contributed by atoms with Gasteiger partial charge >= 0.3 is 0 Å². The Kier molecular flexibility index (Phi) is 2.56. The van der Waals surface area contributed by atoms with Crippen LogP contribution in [-0.4, -0.2) is 33.8 Å². The van der Waals surface area contributed by atoms with Crippen LogP contribution in [0.15, 0.2) is 12.5 Å². The SMILES string of the molecule is CC(C)C1(O)CN(c2ncncc2Cl)C1. The highest BCUT2D eigenvalue weighted by Gasteiger charge is 2.44. The maximum absolute atomic E-state index is 10.1. The number of nitrogens with zero attached hydrogens (tertiary/aromatic N) is 3. The van der Waals surface area contributed by atoms with Crippen molar-refractivity contribution >= 4 is 17.4 Å². The van der Waals surface area contributed by atoms with Crippen molar-refractivity contribution in [3.05, 3.63) is 17.5 Å². The van der Waals surface area contributed by atoms with Gasteiger partial charge in [0.25, 0.3) is 0 Å². The predicted octanol–water partition coefficient (Wildman–Crippen LogP) is 1.34. The molecule has 0 spiro atoms. The van der Waals surface area contributed by atoms with Crippen molar-refractivity contribution in [2.75, 3.05) is 18.0 Å². The minimum Gasteiger partial charge on any atom is -0.386 e. The summed E-state index contributed by atoms with van der Waals surface area (Å²) < 4.78 is 0. The highest BCUT2D eigenvalue weighted by atomic mass is 35.5. The number of aromatic nitrogens is 2. The lowest BCUT2D eigenvalue weighted by atomic mass is 9.83. The standard InChI is InChI=1S/C10H14ClN3O/c1-7(2)10(15)4-14(5-10)9-8(11)3-12-6-13-9/h3,6-7,15H,4-5H2,1-2H3. The van der Waals surface area contributed by atoms with Gasteiger partial charge in [0.2, 0.25) is 0 Å². The normalized spacial score (nSPS) is 19.1. The Labute approximate surface area is 93.9 Å². The molecule has 0 amide bonds. The van der Waals surface area contributed by atoms with Gasteiger partial charge in [-0.05, 0) is 5.92 Å². The summed E-state index contributed by atoms with van der Waals surface area (Å²) in [6.45, 7) is 5.20. The van der Waals surface area contributed by atoms with E-state index in [1.807, 2.05) is 18.7 Å². The van der Waals surface area contributed by atoms with E-state index in [1.165, 1.54) is 6.33 Å². The van der Waals surface area contributed by atoms with Gasteiger partial charge in [0, 0.05) is 0 Å². The Morgan fingerprint density at radius 3 is 2.73 bits per heavy atom. The topological polar surface area (TPSA) is 49.2 Å². The summed E-state index contributed by atoms with van der Waals surface area (Å²) in [5.41, 5.74) is -0.603. The van der Waals surface area contributed by atoms with E-state index in [0.29, 0.717) is 23.9 Å². The van der Waals surface area contributed by atoms with Crippen molar-refractivity contribution < 1.29 is 5.11 Å². The molecule has 1 aliphatic heterocycles. The number of halogens is 1. The molecule has 0 unspecified atom stereocenters. The zero-order chi connectivity index (χ0) is 11.1. The zero-order valence-corrected chi connectivity index (χ0v) is 9.57. The number of hydrogen-bond donors (Lipinski definition) is 1. The van der Waals surface area contributed by atoms with Crippen LogP contribution in [0, 0.1) is 5.92 Å². The largest absolute Gasteiger partial charge is 0.386 e. The van der Waals surface area contributed by atoms with Crippen LogP contribution in [0.1, 0.15) is 13.8 Å². The van der Waals surface area contributed by atoms with E-state index < -0.39 is 5.60 Å². The van der Waals surface area contributed by atoms with Crippen molar-refractivity contribution in [3.8, 4) is 0 Å². The molecule has 0 aliphatic carbocycles. The predicted molar refractivity (Wildman–Crippen MR) is 59.0 cm³/mol. The molecule has 82 valence electrons. The maximum atomic E-state index is 10.1. The van der Waals surface area contributed by atoms with Gasteiger partial charge in [0.05, 0.1) is 19.3 Å². The third kappa shape index (κ3) is 1.79. The van der Waals surface area contributed by atoms with Gasteiger partial charge in [0.1, 0.15) is 17.0 Å². The van der Waals surface area contributed by atoms with Crippen molar-refractivity contribution in [2.24, 2.45) is 5.92 Å². The van der Waals surface area contributed by atoms with Crippen LogP contribution in [0.3, 0.4) is 0 Å². The van der Waals surface area contributed by atoms with E-state index in [4.69, 9.17) is 11.6 Å². The zero-order valence-electron chi connectivity index (χ0n) is 8.81. The Morgan fingerprint density at radius 1 is 1.53 bits per heavy atom. The number of hydrogen-bond acceptors (Lipinski definition) is 4. The molecule has 4 nitrogen and oxygen atoms in total. The summed E-state index contributed by atoms with van der Waals surface area (Å²) in [5, 5.41) is 10.6. The monoisotopic (exact) mass is 227 g/mol. The van der Waals surface area contributed by atoms with Crippen molar-refractivity contribution in [1.82, 2.24) is 9.97 Å². The number of β-amino-alcohol motifs (C(OH)–C–C–N with tert-alkyl or cyclic N) is 1. The highest BCUT2D eigenvalue weighted by molar-refractivity contribution is 6.32. The van der Waals surface area contributed by atoms with E-state index in [0.717, 1.165) is 0 Å². The molecule has 1 N–H and O–H groups in total. The quantitative estimate of drug-likeness (QED) is 0.829. The lowest BCUT2D eigenvalue weighted by Crippen LogP contribution is -2.65. The van der Waals surface area contributed by atoms with E-state index in [9.17, 15) is 5.11 Å². The van der Waals surface area contributed by atoms with Crippen molar-refractivity contribution in [1.29, 1.82) is 0 Å². The average Bonchev–Trinajstić information content (AvgIpc) is 2.14. The smallest absolute Gasteiger partial charge is 0.151 e. The van der Waals surface area contributed by atoms with Gasteiger partial charge in [-0.2, -0.15) is 0 Å². The fourth-order valence-electron chi connectivity index (χ4n) is 1.67. The molecular formula is C10H14ClN3O. The third-order valence-corrected chi connectivity index (χ3v) is 3.22. The molecule has 2 heterocycles. The van der Waals surface area contributed by atoms with Gasteiger partial charge in [-0.25, -0.2) is 9.97 Å². The summed E-state index contributed by atoms with van der Waals surface area (Å²) in [6, 6.07) is 0. The molecule has 1 aromatic heterocycles. The van der Waals surface area contributed by atoms with Crippen LogP contribution in [0.5, 0.6) is 0 Å². The van der Waals surface area contributed by atoms with E-state index in [-0.39, 0.29) is 5.92 Å². The van der Waals surface area contributed by atoms with Gasteiger partial charge in [0.15, 0.2) is 5.82 Å².